The van der Waals surface area contributed by atoms with E-state index in [1.165, 1.54) is 6.07 Å². The lowest BCUT2D eigenvalue weighted by atomic mass is 9.91. The normalized spacial score (nSPS) is 19.8. The second-order valence-corrected chi connectivity index (χ2v) is 9.24. The van der Waals surface area contributed by atoms with Gasteiger partial charge >= 0.3 is 0 Å². The van der Waals surface area contributed by atoms with Gasteiger partial charge in [-0.1, -0.05) is 17.7 Å². The van der Waals surface area contributed by atoms with Crippen molar-refractivity contribution in [3.05, 3.63) is 75.5 Å². The molecule has 0 aliphatic carbocycles. The van der Waals surface area contributed by atoms with E-state index in [0.717, 1.165) is 51.1 Å². The number of pyridine rings is 1. The van der Waals surface area contributed by atoms with Crippen LogP contribution in [0.15, 0.2) is 53.6 Å². The highest BCUT2D eigenvalue weighted by atomic mass is 35.5. The van der Waals surface area contributed by atoms with Crippen molar-refractivity contribution in [3.8, 4) is 11.3 Å². The van der Waals surface area contributed by atoms with E-state index in [0.29, 0.717) is 17.2 Å². The lowest BCUT2D eigenvalue weighted by Gasteiger charge is -2.26. The topological polar surface area (TPSA) is 81.1 Å². The molecule has 5 rings (SSSR count). The molecule has 3 aromatic rings. The molecule has 9 heteroatoms. The van der Waals surface area contributed by atoms with Crippen LogP contribution in [0, 0.1) is 11.7 Å². The van der Waals surface area contributed by atoms with Crippen molar-refractivity contribution in [2.24, 2.45) is 5.92 Å². The molecular weight excluding hydrogens is 457 g/mol. The van der Waals surface area contributed by atoms with Crippen LogP contribution in [0.3, 0.4) is 0 Å². The van der Waals surface area contributed by atoms with Gasteiger partial charge in [0.1, 0.15) is 5.82 Å². The monoisotopic (exact) mass is 483 g/mol. The maximum atomic E-state index is 14.3. The van der Waals surface area contributed by atoms with Gasteiger partial charge in [0.05, 0.1) is 16.8 Å². The molecule has 34 heavy (non-hydrogen) atoms. The Bertz CT molecular complexity index is 1210. The standard InChI is InChI=1S/C25H27ClFN5O2/c26-20-2-1-17(13-21(20)27)24(18-3-8-28-15-18)32-10-5-16(14-23(32)33)22-4-9-29-25(31-22)30-19-6-11-34-12-7-19/h1-2,4-5,9-10,13-14,18-19,24,28H,3,6-8,11-12,15H2,(H,29,30,31)/t18?,24-/m0/s1. The van der Waals surface area contributed by atoms with Gasteiger partial charge in [0.15, 0.2) is 0 Å². The van der Waals surface area contributed by atoms with Crippen molar-refractivity contribution < 1.29 is 9.13 Å². The number of hydrogen-bond donors (Lipinski definition) is 2. The molecule has 178 valence electrons. The lowest BCUT2D eigenvalue weighted by molar-refractivity contribution is 0.0903. The van der Waals surface area contributed by atoms with E-state index in [1.807, 2.05) is 6.07 Å². The molecule has 1 unspecified atom stereocenters. The third-order valence-electron chi connectivity index (χ3n) is 6.58. The van der Waals surface area contributed by atoms with E-state index in [2.05, 4.69) is 20.6 Å². The molecular formula is C25H27ClFN5O2. The van der Waals surface area contributed by atoms with E-state index in [4.69, 9.17) is 16.3 Å². The third kappa shape index (κ3) is 4.99. The van der Waals surface area contributed by atoms with Crippen molar-refractivity contribution in [1.29, 1.82) is 0 Å². The largest absolute Gasteiger partial charge is 0.381 e. The average Bonchev–Trinajstić information content (AvgIpc) is 3.38. The zero-order valence-corrected chi connectivity index (χ0v) is 19.5. The number of hydrogen-bond acceptors (Lipinski definition) is 6. The maximum Gasteiger partial charge on any atom is 0.251 e. The Morgan fingerprint density at radius 1 is 1.18 bits per heavy atom. The number of ether oxygens (including phenoxy) is 1. The Balaban J connectivity index is 1.44. The van der Waals surface area contributed by atoms with E-state index < -0.39 is 5.82 Å². The van der Waals surface area contributed by atoms with Gasteiger partial charge in [0.25, 0.3) is 5.56 Å². The number of halogens is 2. The Kier molecular flexibility index (Phi) is 6.89. The predicted octanol–water partition coefficient (Wildman–Crippen LogP) is 3.89. The summed E-state index contributed by atoms with van der Waals surface area (Å²) in [4.78, 5) is 22.2. The van der Waals surface area contributed by atoms with Crippen LogP contribution in [0.4, 0.5) is 10.3 Å². The van der Waals surface area contributed by atoms with Crippen molar-refractivity contribution in [3.63, 3.8) is 0 Å². The molecule has 2 fully saturated rings. The zero-order valence-electron chi connectivity index (χ0n) is 18.7. The molecule has 0 amide bonds. The average molecular weight is 484 g/mol. The van der Waals surface area contributed by atoms with Gasteiger partial charge < -0.3 is 19.9 Å². The summed E-state index contributed by atoms with van der Waals surface area (Å²) in [7, 11) is 0. The van der Waals surface area contributed by atoms with E-state index >= 15 is 0 Å². The molecule has 2 aromatic heterocycles. The highest BCUT2D eigenvalue weighted by molar-refractivity contribution is 6.30. The van der Waals surface area contributed by atoms with Crippen LogP contribution in [0.1, 0.15) is 30.9 Å². The molecule has 2 aliphatic rings. The van der Waals surface area contributed by atoms with Crippen LogP contribution in [-0.2, 0) is 4.74 Å². The molecule has 2 saturated heterocycles. The van der Waals surface area contributed by atoms with Crippen LogP contribution in [-0.4, -0.2) is 46.9 Å². The minimum atomic E-state index is -0.481. The number of aromatic nitrogens is 3. The van der Waals surface area contributed by atoms with Gasteiger partial charge in [-0.3, -0.25) is 4.79 Å². The predicted molar refractivity (Wildman–Crippen MR) is 130 cm³/mol. The number of nitrogens with zero attached hydrogens (tertiary/aromatic N) is 3. The summed E-state index contributed by atoms with van der Waals surface area (Å²) >= 11 is 5.91. The Morgan fingerprint density at radius 2 is 2.03 bits per heavy atom. The van der Waals surface area contributed by atoms with E-state index in [9.17, 15) is 9.18 Å². The second kappa shape index (κ2) is 10.2. The number of anilines is 1. The fourth-order valence-electron chi connectivity index (χ4n) is 4.80. The van der Waals surface area contributed by atoms with Crippen molar-refractivity contribution in [2.75, 3.05) is 31.6 Å². The highest BCUT2D eigenvalue weighted by Gasteiger charge is 2.29. The van der Waals surface area contributed by atoms with Crippen LogP contribution < -0.4 is 16.2 Å². The molecule has 0 bridgehead atoms. The first kappa shape index (κ1) is 23.0. The molecule has 0 spiro atoms. The van der Waals surface area contributed by atoms with Crippen LogP contribution in [0.2, 0.25) is 5.02 Å². The summed E-state index contributed by atoms with van der Waals surface area (Å²) in [5.74, 6) is 0.226. The van der Waals surface area contributed by atoms with Crippen LogP contribution in [0.25, 0.3) is 11.3 Å². The first-order valence-electron chi connectivity index (χ1n) is 11.6. The molecule has 2 N–H and O–H groups in total. The summed E-state index contributed by atoms with van der Waals surface area (Å²) in [6, 6.07) is 10.0. The molecule has 2 aliphatic heterocycles. The summed E-state index contributed by atoms with van der Waals surface area (Å²) in [5.41, 5.74) is 1.95. The van der Waals surface area contributed by atoms with Crippen molar-refractivity contribution >= 4 is 17.5 Å². The van der Waals surface area contributed by atoms with Crippen LogP contribution >= 0.6 is 11.6 Å². The zero-order chi connectivity index (χ0) is 23.5. The third-order valence-corrected chi connectivity index (χ3v) is 6.89. The summed E-state index contributed by atoms with van der Waals surface area (Å²) < 4.78 is 21.4. The lowest BCUT2D eigenvalue weighted by Crippen LogP contribution is -2.31. The second-order valence-electron chi connectivity index (χ2n) is 8.83. The molecule has 0 saturated carbocycles. The van der Waals surface area contributed by atoms with Crippen molar-refractivity contribution in [2.45, 2.75) is 31.3 Å². The fraction of sp³-hybridized carbons (Fsp3) is 0.400. The first-order chi connectivity index (χ1) is 16.6. The molecule has 4 heterocycles. The van der Waals surface area contributed by atoms with Gasteiger partial charge in [-0.25, -0.2) is 14.4 Å². The Hall–Kier alpha value is -2.81. The van der Waals surface area contributed by atoms with Gasteiger partial charge in [0, 0.05) is 49.8 Å². The van der Waals surface area contributed by atoms with Gasteiger partial charge in [-0.2, -0.15) is 0 Å². The Labute approximate surface area is 202 Å². The number of nitrogens with one attached hydrogen (secondary N) is 2. The minimum Gasteiger partial charge on any atom is -0.381 e. The smallest absolute Gasteiger partial charge is 0.251 e. The first-order valence-corrected chi connectivity index (χ1v) is 12.0. The maximum absolute atomic E-state index is 14.3. The summed E-state index contributed by atoms with van der Waals surface area (Å²) in [5, 5.41) is 6.79. The highest BCUT2D eigenvalue weighted by Crippen LogP contribution is 2.32. The molecule has 7 nitrogen and oxygen atoms in total. The van der Waals surface area contributed by atoms with Gasteiger partial charge in [-0.15, -0.1) is 0 Å². The molecule has 0 radical (unpaired) electrons. The molecule has 1 aromatic carbocycles. The van der Waals surface area contributed by atoms with E-state index in [1.54, 1.807) is 41.2 Å². The number of benzene rings is 1. The number of rotatable bonds is 6. The van der Waals surface area contributed by atoms with Crippen molar-refractivity contribution in [1.82, 2.24) is 19.9 Å². The SMILES string of the molecule is O=c1cc(-c2ccnc(NC3CCOCC3)n2)ccn1[C@@H](c1ccc(Cl)c(F)c1)C1CCNC1. The minimum absolute atomic E-state index is 0.0728. The summed E-state index contributed by atoms with van der Waals surface area (Å²) in [6.07, 6.45) is 6.19. The summed E-state index contributed by atoms with van der Waals surface area (Å²) in [6.45, 7) is 3.08. The quantitative estimate of drug-likeness (QED) is 0.553. The Morgan fingerprint density at radius 3 is 2.76 bits per heavy atom. The van der Waals surface area contributed by atoms with Gasteiger partial charge in [0.2, 0.25) is 5.95 Å². The fourth-order valence-corrected chi connectivity index (χ4v) is 4.91. The van der Waals surface area contributed by atoms with Crippen LogP contribution in [0.5, 0.6) is 0 Å². The molecule has 2 atom stereocenters. The van der Waals surface area contributed by atoms with E-state index in [-0.39, 0.29) is 28.6 Å². The van der Waals surface area contributed by atoms with Gasteiger partial charge in [-0.05, 0) is 61.6 Å².